The van der Waals surface area contributed by atoms with Gasteiger partial charge in [0.05, 0.1) is 0 Å². The molecule has 5 heteroatoms. The van der Waals surface area contributed by atoms with Gasteiger partial charge in [0.15, 0.2) is 0 Å². The van der Waals surface area contributed by atoms with E-state index in [2.05, 4.69) is 5.32 Å². The molecule has 0 aliphatic rings. The zero-order valence-electron chi connectivity index (χ0n) is 12.3. The quantitative estimate of drug-likeness (QED) is 0.867. The average molecular weight is 278 g/mol. The zero-order chi connectivity index (χ0) is 15.0. The lowest BCUT2D eigenvalue weighted by molar-refractivity contribution is -0.122. The third kappa shape index (κ3) is 5.73. The number of hydrogen-bond acceptors (Lipinski definition) is 3. The fourth-order valence-electron chi connectivity index (χ4n) is 1.53. The fourth-order valence-corrected chi connectivity index (χ4v) is 1.53. The molecule has 1 N–H and O–H groups in total. The SMILES string of the molecule is CC[C@@H](C)NC(=O)CN(C)C(=O)OCc1ccccc1. The van der Waals surface area contributed by atoms with E-state index in [0.29, 0.717) is 0 Å². The van der Waals surface area contributed by atoms with Crippen LogP contribution in [0.2, 0.25) is 0 Å². The van der Waals surface area contributed by atoms with Gasteiger partial charge < -0.3 is 15.0 Å². The molecule has 2 amide bonds. The van der Waals surface area contributed by atoms with E-state index in [1.165, 1.54) is 4.90 Å². The summed E-state index contributed by atoms with van der Waals surface area (Å²) in [6.07, 6.45) is 0.349. The predicted molar refractivity (Wildman–Crippen MR) is 77.2 cm³/mol. The van der Waals surface area contributed by atoms with Gasteiger partial charge in [-0.05, 0) is 18.9 Å². The molecule has 0 aliphatic carbocycles. The Bertz CT molecular complexity index is 434. The molecule has 1 atom stereocenters. The van der Waals surface area contributed by atoms with E-state index in [9.17, 15) is 9.59 Å². The van der Waals surface area contributed by atoms with Gasteiger partial charge in [0.1, 0.15) is 13.2 Å². The summed E-state index contributed by atoms with van der Waals surface area (Å²) in [5.74, 6) is -0.182. The molecule has 20 heavy (non-hydrogen) atoms. The third-order valence-corrected chi connectivity index (χ3v) is 2.92. The number of ether oxygens (including phenoxy) is 1. The number of carbonyl (C=O) groups excluding carboxylic acids is 2. The summed E-state index contributed by atoms with van der Waals surface area (Å²) >= 11 is 0. The molecule has 1 aromatic rings. The number of nitrogens with one attached hydrogen (secondary N) is 1. The number of hydrogen-bond donors (Lipinski definition) is 1. The summed E-state index contributed by atoms with van der Waals surface area (Å²) in [5, 5.41) is 2.80. The number of nitrogens with zero attached hydrogens (tertiary/aromatic N) is 1. The lowest BCUT2D eigenvalue weighted by Crippen LogP contribution is -2.41. The standard InChI is InChI=1S/C15H22N2O3/c1-4-12(2)16-14(18)10-17(3)15(19)20-11-13-8-6-5-7-9-13/h5-9,12H,4,10-11H2,1-3H3,(H,16,18)/t12-/m1/s1. The van der Waals surface area contributed by atoms with Crippen molar-refractivity contribution >= 4 is 12.0 Å². The van der Waals surface area contributed by atoms with Gasteiger partial charge in [-0.1, -0.05) is 37.3 Å². The monoisotopic (exact) mass is 278 g/mol. The van der Waals surface area contributed by atoms with Crippen LogP contribution in [0.5, 0.6) is 0 Å². The van der Waals surface area contributed by atoms with Crippen molar-refractivity contribution < 1.29 is 14.3 Å². The molecule has 0 spiro atoms. The van der Waals surface area contributed by atoms with E-state index in [0.717, 1.165) is 12.0 Å². The Kier molecular flexibility index (Phi) is 6.56. The first-order valence-corrected chi connectivity index (χ1v) is 6.74. The summed E-state index contributed by atoms with van der Waals surface area (Å²) in [7, 11) is 1.55. The Hall–Kier alpha value is -2.04. The topological polar surface area (TPSA) is 58.6 Å². The van der Waals surface area contributed by atoms with E-state index in [4.69, 9.17) is 4.74 Å². The molecule has 0 aromatic heterocycles. The Labute approximate surface area is 119 Å². The van der Waals surface area contributed by atoms with E-state index in [1.807, 2.05) is 44.2 Å². The highest BCUT2D eigenvalue weighted by atomic mass is 16.6. The second kappa shape index (κ2) is 8.19. The molecule has 1 rings (SSSR count). The van der Waals surface area contributed by atoms with E-state index in [-0.39, 0.29) is 25.1 Å². The number of likely N-dealkylation sites (N-methyl/N-ethyl adjacent to an activating group) is 1. The van der Waals surface area contributed by atoms with Crippen molar-refractivity contribution in [2.45, 2.75) is 32.9 Å². The number of amides is 2. The maximum absolute atomic E-state index is 11.7. The first kappa shape index (κ1) is 16.0. The highest BCUT2D eigenvalue weighted by Gasteiger charge is 2.15. The fraction of sp³-hybridized carbons (Fsp3) is 0.467. The van der Waals surface area contributed by atoms with Gasteiger partial charge >= 0.3 is 6.09 Å². The minimum absolute atomic E-state index is 0.00202. The summed E-state index contributed by atoms with van der Waals surface area (Å²) < 4.78 is 5.13. The smallest absolute Gasteiger partial charge is 0.410 e. The maximum Gasteiger partial charge on any atom is 0.410 e. The third-order valence-electron chi connectivity index (χ3n) is 2.92. The van der Waals surface area contributed by atoms with Gasteiger partial charge in [0.2, 0.25) is 5.91 Å². The van der Waals surface area contributed by atoms with Crippen LogP contribution >= 0.6 is 0 Å². The molecule has 0 saturated carbocycles. The molecule has 1 aromatic carbocycles. The molecular weight excluding hydrogens is 256 g/mol. The summed E-state index contributed by atoms with van der Waals surface area (Å²) in [6.45, 7) is 4.11. The maximum atomic E-state index is 11.7. The minimum Gasteiger partial charge on any atom is -0.445 e. The number of carbonyl (C=O) groups is 2. The van der Waals surface area contributed by atoms with E-state index in [1.54, 1.807) is 7.05 Å². The van der Waals surface area contributed by atoms with Crippen LogP contribution in [0.4, 0.5) is 4.79 Å². The summed E-state index contributed by atoms with van der Waals surface area (Å²) in [5.41, 5.74) is 0.915. The lowest BCUT2D eigenvalue weighted by atomic mass is 10.2. The van der Waals surface area contributed by atoms with Crippen LogP contribution in [0, 0.1) is 0 Å². The molecule has 0 radical (unpaired) electrons. The van der Waals surface area contributed by atoms with Crippen LogP contribution in [-0.4, -0.2) is 36.5 Å². The van der Waals surface area contributed by atoms with Gasteiger partial charge in [0, 0.05) is 13.1 Å². The van der Waals surface area contributed by atoms with Crippen molar-refractivity contribution in [2.75, 3.05) is 13.6 Å². The second-order valence-electron chi connectivity index (χ2n) is 4.77. The zero-order valence-corrected chi connectivity index (χ0v) is 12.3. The first-order valence-electron chi connectivity index (χ1n) is 6.74. The molecule has 0 unspecified atom stereocenters. The van der Waals surface area contributed by atoms with Gasteiger partial charge in [-0.3, -0.25) is 4.79 Å². The Morgan fingerprint density at radius 1 is 1.30 bits per heavy atom. The van der Waals surface area contributed by atoms with Crippen molar-refractivity contribution in [3.8, 4) is 0 Å². The van der Waals surface area contributed by atoms with Crippen LogP contribution in [-0.2, 0) is 16.1 Å². The van der Waals surface area contributed by atoms with Gasteiger partial charge in [-0.2, -0.15) is 0 Å². The van der Waals surface area contributed by atoms with Crippen molar-refractivity contribution in [1.82, 2.24) is 10.2 Å². The molecule has 110 valence electrons. The van der Waals surface area contributed by atoms with Crippen LogP contribution in [0.3, 0.4) is 0 Å². The largest absolute Gasteiger partial charge is 0.445 e. The number of rotatable bonds is 6. The lowest BCUT2D eigenvalue weighted by Gasteiger charge is -2.18. The Morgan fingerprint density at radius 2 is 1.95 bits per heavy atom. The first-order chi connectivity index (χ1) is 9.52. The Balaban J connectivity index is 2.34. The average Bonchev–Trinajstić information content (AvgIpc) is 2.45. The number of benzene rings is 1. The van der Waals surface area contributed by atoms with Crippen molar-refractivity contribution in [1.29, 1.82) is 0 Å². The van der Waals surface area contributed by atoms with Crippen molar-refractivity contribution in [3.63, 3.8) is 0 Å². The highest BCUT2D eigenvalue weighted by molar-refractivity contribution is 5.82. The van der Waals surface area contributed by atoms with Crippen molar-refractivity contribution in [2.24, 2.45) is 0 Å². The predicted octanol–water partition coefficient (Wildman–Crippen LogP) is 2.17. The molecular formula is C15H22N2O3. The van der Waals surface area contributed by atoms with Gasteiger partial charge in [0.25, 0.3) is 0 Å². The molecule has 0 aliphatic heterocycles. The van der Waals surface area contributed by atoms with Gasteiger partial charge in [-0.25, -0.2) is 4.79 Å². The van der Waals surface area contributed by atoms with E-state index >= 15 is 0 Å². The highest BCUT2D eigenvalue weighted by Crippen LogP contribution is 2.02. The van der Waals surface area contributed by atoms with Crippen LogP contribution in [0.25, 0.3) is 0 Å². The molecule has 0 heterocycles. The Morgan fingerprint density at radius 3 is 2.55 bits per heavy atom. The van der Waals surface area contributed by atoms with Crippen LogP contribution in [0.1, 0.15) is 25.8 Å². The molecule has 0 saturated heterocycles. The second-order valence-corrected chi connectivity index (χ2v) is 4.77. The van der Waals surface area contributed by atoms with Crippen molar-refractivity contribution in [3.05, 3.63) is 35.9 Å². The summed E-state index contributed by atoms with van der Waals surface area (Å²) in [6, 6.07) is 9.53. The molecule has 5 nitrogen and oxygen atoms in total. The normalized spacial score (nSPS) is 11.6. The minimum atomic E-state index is -0.506. The summed E-state index contributed by atoms with van der Waals surface area (Å²) in [4.78, 5) is 24.6. The van der Waals surface area contributed by atoms with E-state index < -0.39 is 6.09 Å². The van der Waals surface area contributed by atoms with Crippen LogP contribution < -0.4 is 5.32 Å². The molecule has 0 fully saturated rings. The van der Waals surface area contributed by atoms with Gasteiger partial charge in [-0.15, -0.1) is 0 Å². The molecule has 0 bridgehead atoms. The van der Waals surface area contributed by atoms with Crippen LogP contribution in [0.15, 0.2) is 30.3 Å².